The van der Waals surface area contributed by atoms with Gasteiger partial charge in [-0.15, -0.1) is 11.3 Å². The van der Waals surface area contributed by atoms with E-state index in [9.17, 15) is 9.59 Å². The minimum Gasteiger partial charge on any atom is -0.497 e. The van der Waals surface area contributed by atoms with Crippen molar-refractivity contribution in [1.29, 1.82) is 0 Å². The molecule has 6 heteroatoms. The molecule has 0 spiro atoms. The van der Waals surface area contributed by atoms with Gasteiger partial charge >= 0.3 is 5.97 Å². The van der Waals surface area contributed by atoms with Crippen molar-refractivity contribution in [2.24, 2.45) is 0 Å². The van der Waals surface area contributed by atoms with Crippen LogP contribution in [-0.2, 0) is 11.3 Å². The summed E-state index contributed by atoms with van der Waals surface area (Å²) in [6.07, 6.45) is 0. The second-order valence-corrected chi connectivity index (χ2v) is 6.47. The fraction of sp³-hybridized carbons (Fsp3) is 0.158. The summed E-state index contributed by atoms with van der Waals surface area (Å²) >= 11 is 1.11. The van der Waals surface area contributed by atoms with Crippen molar-refractivity contribution >= 4 is 34.0 Å². The third-order valence-corrected chi connectivity index (χ3v) is 4.85. The number of thiophene rings is 1. The fourth-order valence-corrected chi connectivity index (χ4v) is 3.29. The zero-order chi connectivity index (χ0) is 17.8. The van der Waals surface area contributed by atoms with Crippen LogP contribution in [0.15, 0.2) is 48.5 Å². The molecule has 0 aliphatic heterocycles. The summed E-state index contributed by atoms with van der Waals surface area (Å²) in [6.45, 7) is 0.409. The van der Waals surface area contributed by atoms with E-state index in [1.807, 2.05) is 36.4 Å². The zero-order valence-corrected chi connectivity index (χ0v) is 14.7. The van der Waals surface area contributed by atoms with E-state index in [4.69, 9.17) is 4.74 Å². The second kappa shape index (κ2) is 7.36. The summed E-state index contributed by atoms with van der Waals surface area (Å²) in [5.74, 6) is 0.164. The molecule has 3 aromatic rings. The van der Waals surface area contributed by atoms with E-state index in [1.54, 1.807) is 19.2 Å². The van der Waals surface area contributed by atoms with Gasteiger partial charge in [0.05, 0.1) is 19.1 Å². The van der Waals surface area contributed by atoms with Crippen LogP contribution in [-0.4, -0.2) is 26.1 Å². The molecule has 5 nitrogen and oxygen atoms in total. The van der Waals surface area contributed by atoms with Crippen LogP contribution >= 0.6 is 11.3 Å². The number of hydrogen-bond acceptors (Lipinski definition) is 5. The highest BCUT2D eigenvalue weighted by Crippen LogP contribution is 2.22. The van der Waals surface area contributed by atoms with Crippen LogP contribution in [0, 0.1) is 0 Å². The lowest BCUT2D eigenvalue weighted by Crippen LogP contribution is -2.21. The first-order chi connectivity index (χ1) is 12.1. The van der Waals surface area contributed by atoms with Gasteiger partial charge in [0.15, 0.2) is 0 Å². The predicted octanol–water partition coefficient (Wildman–Crippen LogP) is 3.63. The molecule has 3 rings (SSSR count). The molecule has 1 aromatic heterocycles. The third kappa shape index (κ3) is 3.80. The average molecular weight is 355 g/mol. The molecule has 0 bridgehead atoms. The van der Waals surface area contributed by atoms with E-state index >= 15 is 0 Å². The van der Waals surface area contributed by atoms with Crippen molar-refractivity contribution in [1.82, 2.24) is 5.32 Å². The quantitative estimate of drug-likeness (QED) is 0.710. The Bertz CT molecular complexity index is 932. The Labute approximate surface area is 149 Å². The van der Waals surface area contributed by atoms with E-state index in [-0.39, 0.29) is 5.91 Å². The lowest BCUT2D eigenvalue weighted by Gasteiger charge is -2.07. The highest BCUT2D eigenvalue weighted by molar-refractivity contribution is 7.15. The first-order valence-electron chi connectivity index (χ1n) is 7.64. The Kier molecular flexibility index (Phi) is 5.00. The summed E-state index contributed by atoms with van der Waals surface area (Å²) in [7, 11) is 2.96. The zero-order valence-electron chi connectivity index (χ0n) is 13.9. The van der Waals surface area contributed by atoms with Gasteiger partial charge in [-0.3, -0.25) is 4.79 Å². The van der Waals surface area contributed by atoms with E-state index in [0.717, 1.165) is 33.4 Å². The molecule has 25 heavy (non-hydrogen) atoms. The van der Waals surface area contributed by atoms with Crippen LogP contribution in [0.25, 0.3) is 10.8 Å². The van der Waals surface area contributed by atoms with Crippen LogP contribution in [0.2, 0.25) is 0 Å². The molecule has 0 saturated heterocycles. The van der Waals surface area contributed by atoms with E-state index in [1.165, 1.54) is 7.11 Å². The minimum atomic E-state index is -0.436. The SMILES string of the molecule is COC(=O)c1ccc(C(=O)NCc2ccc3cc(OC)ccc3c2)s1. The maximum Gasteiger partial charge on any atom is 0.348 e. The molecule has 0 aliphatic carbocycles. The number of carbonyl (C=O) groups excluding carboxylic acids is 2. The van der Waals surface area contributed by atoms with Crippen LogP contribution < -0.4 is 10.1 Å². The van der Waals surface area contributed by atoms with E-state index < -0.39 is 5.97 Å². The van der Waals surface area contributed by atoms with Crippen LogP contribution in [0.3, 0.4) is 0 Å². The monoisotopic (exact) mass is 355 g/mol. The summed E-state index contributed by atoms with van der Waals surface area (Å²) in [4.78, 5) is 24.6. The number of benzene rings is 2. The first kappa shape index (κ1) is 17.0. The standard InChI is InChI=1S/C19H17NO4S/c1-23-15-6-5-13-9-12(3-4-14(13)10-15)11-20-18(21)16-7-8-17(25-16)19(22)24-2/h3-10H,11H2,1-2H3,(H,20,21). The molecule has 1 heterocycles. The number of esters is 1. The van der Waals surface area contributed by atoms with Crippen LogP contribution in [0.4, 0.5) is 0 Å². The molecular weight excluding hydrogens is 338 g/mol. The summed E-state index contributed by atoms with van der Waals surface area (Å²) < 4.78 is 9.87. The molecule has 0 saturated carbocycles. The lowest BCUT2D eigenvalue weighted by molar-refractivity contribution is 0.0606. The van der Waals surface area contributed by atoms with Crippen molar-refractivity contribution in [3.05, 3.63) is 63.8 Å². The fourth-order valence-electron chi connectivity index (χ4n) is 2.45. The molecule has 0 fully saturated rings. The second-order valence-electron chi connectivity index (χ2n) is 5.39. The smallest absolute Gasteiger partial charge is 0.348 e. The van der Waals surface area contributed by atoms with Gasteiger partial charge in [0.1, 0.15) is 10.6 Å². The Morgan fingerprint density at radius 3 is 2.44 bits per heavy atom. The van der Waals surface area contributed by atoms with Crippen LogP contribution in [0.1, 0.15) is 24.9 Å². The van der Waals surface area contributed by atoms with Gasteiger partial charge < -0.3 is 14.8 Å². The number of nitrogens with one attached hydrogen (secondary N) is 1. The number of fused-ring (bicyclic) bond motifs is 1. The Hall–Kier alpha value is -2.86. The number of ether oxygens (including phenoxy) is 2. The molecule has 2 aromatic carbocycles. The van der Waals surface area contributed by atoms with Crippen molar-refractivity contribution in [3.8, 4) is 5.75 Å². The van der Waals surface area contributed by atoms with Crippen molar-refractivity contribution < 1.29 is 19.1 Å². The Morgan fingerprint density at radius 2 is 1.68 bits per heavy atom. The third-order valence-electron chi connectivity index (χ3n) is 3.78. The van der Waals surface area contributed by atoms with Gasteiger partial charge in [0, 0.05) is 6.54 Å². The topological polar surface area (TPSA) is 64.6 Å². The number of carbonyl (C=O) groups is 2. The van der Waals surface area contributed by atoms with Gasteiger partial charge in [0.25, 0.3) is 5.91 Å². The van der Waals surface area contributed by atoms with Gasteiger partial charge in [-0.05, 0) is 46.7 Å². The first-order valence-corrected chi connectivity index (χ1v) is 8.45. The molecule has 0 radical (unpaired) electrons. The van der Waals surface area contributed by atoms with E-state index in [0.29, 0.717) is 16.3 Å². The molecular formula is C19H17NO4S. The van der Waals surface area contributed by atoms with Crippen molar-refractivity contribution in [2.75, 3.05) is 14.2 Å². The highest BCUT2D eigenvalue weighted by atomic mass is 32.1. The van der Waals surface area contributed by atoms with Gasteiger partial charge in [0.2, 0.25) is 0 Å². The lowest BCUT2D eigenvalue weighted by atomic mass is 10.1. The average Bonchev–Trinajstić information content (AvgIpc) is 3.15. The van der Waals surface area contributed by atoms with E-state index in [2.05, 4.69) is 10.1 Å². The number of amides is 1. The van der Waals surface area contributed by atoms with Gasteiger partial charge in [-0.1, -0.05) is 18.2 Å². The summed E-state index contributed by atoms with van der Waals surface area (Å²) in [6, 6.07) is 15.1. The number of hydrogen-bond donors (Lipinski definition) is 1. The minimum absolute atomic E-state index is 0.213. The Morgan fingerprint density at radius 1 is 0.960 bits per heavy atom. The van der Waals surface area contributed by atoms with Crippen molar-refractivity contribution in [2.45, 2.75) is 6.54 Å². The molecule has 0 aliphatic rings. The molecule has 0 atom stereocenters. The molecule has 0 unspecified atom stereocenters. The molecule has 1 amide bonds. The Balaban J connectivity index is 1.68. The predicted molar refractivity (Wildman–Crippen MR) is 97.3 cm³/mol. The van der Waals surface area contributed by atoms with Gasteiger partial charge in [-0.2, -0.15) is 0 Å². The summed E-state index contributed by atoms with van der Waals surface area (Å²) in [5, 5.41) is 5.03. The molecule has 1 N–H and O–H groups in total. The van der Waals surface area contributed by atoms with Crippen molar-refractivity contribution in [3.63, 3.8) is 0 Å². The maximum atomic E-state index is 12.2. The summed E-state index contributed by atoms with van der Waals surface area (Å²) in [5.41, 5.74) is 0.996. The number of methoxy groups -OCH3 is 2. The number of rotatable bonds is 5. The van der Waals surface area contributed by atoms with Gasteiger partial charge in [-0.25, -0.2) is 4.79 Å². The van der Waals surface area contributed by atoms with Crippen LogP contribution in [0.5, 0.6) is 5.75 Å². The maximum absolute atomic E-state index is 12.2. The highest BCUT2D eigenvalue weighted by Gasteiger charge is 2.13. The normalized spacial score (nSPS) is 10.5. The molecule has 128 valence electrons. The largest absolute Gasteiger partial charge is 0.497 e.